The molecule has 3 aliphatic heterocycles. The fourth-order valence-corrected chi connectivity index (χ4v) is 8.54. The Bertz CT molecular complexity index is 1840. The van der Waals surface area contributed by atoms with Crippen LogP contribution in [0.4, 0.5) is 5.69 Å². The third-order valence-electron chi connectivity index (χ3n) is 11.5. The molecule has 2 aliphatic carbocycles. The number of hydrogen-bond acceptors (Lipinski definition) is 7. The van der Waals surface area contributed by atoms with Gasteiger partial charge in [-0.1, -0.05) is 51.5 Å². The Labute approximate surface area is 296 Å². The van der Waals surface area contributed by atoms with Gasteiger partial charge in [0.2, 0.25) is 0 Å². The number of imide groups is 1. The number of piperidine rings is 1. The van der Waals surface area contributed by atoms with Crippen molar-refractivity contribution in [2.75, 3.05) is 38.6 Å². The number of rotatable bonds is 8. The molecule has 7 rings (SSSR count). The molecule has 0 N–H and O–H groups in total. The first-order valence-corrected chi connectivity index (χ1v) is 18.5. The largest absolute Gasteiger partial charge is 0.374 e. The van der Waals surface area contributed by atoms with E-state index in [1.165, 1.54) is 55.8 Å². The molecule has 0 aromatic heterocycles. The maximum absolute atomic E-state index is 12.9. The number of likely N-dealkylation sites (tertiary alicyclic amines) is 1. The average molecular weight is 675 g/mol. The fraction of sp³-hybridized carbons (Fsp3) is 0.476. The summed E-state index contributed by atoms with van der Waals surface area (Å²) in [4.78, 5) is 51.8. The normalized spacial score (nSPS) is 21.6. The number of allylic oxidation sites excluding steroid dienone is 5. The van der Waals surface area contributed by atoms with Crippen molar-refractivity contribution >= 4 is 34.8 Å². The molecule has 0 bridgehead atoms. The quantitative estimate of drug-likeness (QED) is 0.278. The molecule has 0 spiro atoms. The van der Waals surface area contributed by atoms with Gasteiger partial charge in [-0.3, -0.25) is 19.5 Å². The molecular formula is C42H50N4O4. The molecule has 5 aliphatic rings. The van der Waals surface area contributed by atoms with E-state index in [2.05, 4.69) is 86.2 Å². The van der Waals surface area contributed by atoms with Crippen LogP contribution < -0.4 is 4.90 Å². The number of anilines is 1. The number of carbonyl (C=O) groups is 3. The summed E-state index contributed by atoms with van der Waals surface area (Å²) >= 11 is 0. The number of nitrogens with zero attached hydrogens (tertiary/aromatic N) is 4. The minimum absolute atomic E-state index is 0.101. The second-order valence-corrected chi connectivity index (χ2v) is 15.1. The Balaban J connectivity index is 1.25. The Morgan fingerprint density at radius 2 is 1.72 bits per heavy atom. The SMILES string of the molecule is CCCCC1=CC2=C(c3ccccc3CN3CCC(C(=O)ON4C(=O)CCC4=O)CC3)c3cc4c(cc3C(C)(C)C2=C/C1=N\C)N(C)CCC4. The lowest BCUT2D eigenvalue weighted by atomic mass is 9.63. The molecule has 0 atom stereocenters. The van der Waals surface area contributed by atoms with Crippen molar-refractivity contribution in [3.8, 4) is 0 Å². The predicted octanol–water partition coefficient (Wildman–Crippen LogP) is 7.11. The Morgan fingerprint density at radius 3 is 2.44 bits per heavy atom. The van der Waals surface area contributed by atoms with E-state index < -0.39 is 17.8 Å². The summed E-state index contributed by atoms with van der Waals surface area (Å²) in [6.45, 7) is 10.3. The summed E-state index contributed by atoms with van der Waals surface area (Å²) in [5.41, 5.74) is 14.1. The number of hydroxylamine groups is 2. The molecule has 8 heteroatoms. The lowest BCUT2D eigenvalue weighted by molar-refractivity contribution is -0.201. The van der Waals surface area contributed by atoms with Gasteiger partial charge in [-0.15, -0.1) is 5.06 Å². The zero-order valence-electron chi connectivity index (χ0n) is 30.3. The van der Waals surface area contributed by atoms with Crippen molar-refractivity contribution in [3.63, 3.8) is 0 Å². The Kier molecular flexibility index (Phi) is 9.42. The van der Waals surface area contributed by atoms with Crippen LogP contribution in [0.1, 0.15) is 100.0 Å². The van der Waals surface area contributed by atoms with E-state index in [0.29, 0.717) is 17.9 Å². The zero-order valence-corrected chi connectivity index (χ0v) is 30.3. The van der Waals surface area contributed by atoms with Crippen LogP contribution in [0.2, 0.25) is 0 Å². The minimum Gasteiger partial charge on any atom is -0.374 e. The van der Waals surface area contributed by atoms with Crippen LogP contribution in [0.5, 0.6) is 0 Å². The van der Waals surface area contributed by atoms with Gasteiger partial charge in [0.15, 0.2) is 0 Å². The van der Waals surface area contributed by atoms with Crippen LogP contribution in [0, 0.1) is 5.92 Å². The minimum atomic E-state index is -0.478. The summed E-state index contributed by atoms with van der Waals surface area (Å²) < 4.78 is 0. The molecule has 0 radical (unpaired) electrons. The maximum Gasteiger partial charge on any atom is 0.336 e. The van der Waals surface area contributed by atoms with Gasteiger partial charge in [0.05, 0.1) is 11.6 Å². The third-order valence-corrected chi connectivity index (χ3v) is 11.5. The summed E-state index contributed by atoms with van der Waals surface area (Å²) in [6, 6.07) is 13.8. The van der Waals surface area contributed by atoms with E-state index in [4.69, 9.17) is 9.83 Å². The number of unbranched alkanes of at least 4 members (excludes halogenated alkanes) is 1. The number of carbonyl (C=O) groups excluding carboxylic acids is 3. The van der Waals surface area contributed by atoms with Crippen LogP contribution in [0.25, 0.3) is 5.57 Å². The number of fused-ring (bicyclic) bond motifs is 3. The maximum atomic E-state index is 12.9. The molecule has 0 saturated carbocycles. The van der Waals surface area contributed by atoms with E-state index >= 15 is 0 Å². The van der Waals surface area contributed by atoms with E-state index in [1.54, 1.807) is 0 Å². The molecule has 2 saturated heterocycles. The highest BCUT2D eigenvalue weighted by molar-refractivity contribution is 6.13. The first-order chi connectivity index (χ1) is 24.1. The van der Waals surface area contributed by atoms with Crippen molar-refractivity contribution in [1.29, 1.82) is 0 Å². The van der Waals surface area contributed by atoms with Gasteiger partial charge in [-0.05, 0) is 126 Å². The van der Waals surface area contributed by atoms with E-state index in [-0.39, 0.29) is 24.2 Å². The van der Waals surface area contributed by atoms with Crippen LogP contribution in [-0.2, 0) is 37.6 Å². The van der Waals surface area contributed by atoms with Crippen LogP contribution >= 0.6 is 0 Å². The molecule has 0 unspecified atom stereocenters. The molecule has 2 aromatic rings. The number of hydrogen-bond donors (Lipinski definition) is 0. The summed E-state index contributed by atoms with van der Waals surface area (Å²) in [5.74, 6) is -1.68. The van der Waals surface area contributed by atoms with E-state index in [1.807, 2.05) is 7.05 Å². The van der Waals surface area contributed by atoms with Gasteiger partial charge >= 0.3 is 5.97 Å². The lowest BCUT2D eigenvalue weighted by Crippen LogP contribution is -2.40. The first kappa shape index (κ1) is 34.2. The van der Waals surface area contributed by atoms with Crippen molar-refractivity contribution in [1.82, 2.24) is 9.96 Å². The smallest absolute Gasteiger partial charge is 0.336 e. The standard InChI is InChI=1S/C42H50N4O4/c1-6-7-11-28-22-32-34(24-36(28)43-4)42(2,3)35-25-37-29(13-10-19-44(37)5)23-33(35)40(32)31-14-9-8-12-30(31)26-45-20-17-27(18-21-45)41(49)50-46-38(47)15-16-39(46)48/h8-9,12,14,22-25,27H,6-7,10-11,13,15-21,26H2,1-5H3/b43-36+. The number of benzene rings is 2. The molecule has 3 heterocycles. The molecule has 2 aromatic carbocycles. The van der Waals surface area contributed by atoms with Gasteiger partial charge in [-0.25, -0.2) is 4.79 Å². The van der Waals surface area contributed by atoms with Crippen LogP contribution in [-0.4, -0.2) is 67.2 Å². The van der Waals surface area contributed by atoms with Crippen LogP contribution in [0.15, 0.2) is 70.3 Å². The molecule has 50 heavy (non-hydrogen) atoms. The Morgan fingerprint density at radius 1 is 0.980 bits per heavy atom. The average Bonchev–Trinajstić information content (AvgIpc) is 3.43. The van der Waals surface area contributed by atoms with Gasteiger partial charge in [-0.2, -0.15) is 0 Å². The Hall–Kier alpha value is -4.30. The second kappa shape index (κ2) is 13.8. The molecule has 8 nitrogen and oxygen atoms in total. The highest BCUT2D eigenvalue weighted by Gasteiger charge is 2.41. The molecule has 2 amide bonds. The number of amides is 2. The van der Waals surface area contributed by atoms with Crippen molar-refractivity contribution < 1.29 is 19.2 Å². The van der Waals surface area contributed by atoms with Gasteiger partial charge < -0.3 is 9.74 Å². The van der Waals surface area contributed by atoms with E-state index in [9.17, 15) is 14.4 Å². The zero-order chi connectivity index (χ0) is 35.2. The summed E-state index contributed by atoms with van der Waals surface area (Å²) in [7, 11) is 4.14. The van der Waals surface area contributed by atoms with Gasteiger partial charge in [0.1, 0.15) is 0 Å². The van der Waals surface area contributed by atoms with Crippen LogP contribution in [0.3, 0.4) is 0 Å². The van der Waals surface area contributed by atoms with Gasteiger partial charge in [0.25, 0.3) is 11.8 Å². The molecular weight excluding hydrogens is 624 g/mol. The fourth-order valence-electron chi connectivity index (χ4n) is 8.54. The lowest BCUT2D eigenvalue weighted by Gasteiger charge is -2.42. The summed E-state index contributed by atoms with van der Waals surface area (Å²) in [5, 5.41) is 0.670. The van der Waals surface area contributed by atoms with E-state index in [0.717, 1.165) is 64.0 Å². The summed E-state index contributed by atoms with van der Waals surface area (Å²) in [6.07, 6.45) is 11.8. The van der Waals surface area contributed by atoms with Gasteiger partial charge in [0, 0.05) is 51.1 Å². The highest BCUT2D eigenvalue weighted by atomic mass is 16.7. The number of aryl methyl sites for hydroxylation is 1. The highest BCUT2D eigenvalue weighted by Crippen LogP contribution is 2.53. The monoisotopic (exact) mass is 674 g/mol. The van der Waals surface area contributed by atoms with Crippen molar-refractivity contribution in [2.24, 2.45) is 10.9 Å². The molecule has 2 fully saturated rings. The number of aliphatic imine (C=N–C) groups is 1. The van der Waals surface area contributed by atoms with Crippen molar-refractivity contribution in [2.45, 2.75) is 90.5 Å². The molecule has 262 valence electrons. The topological polar surface area (TPSA) is 82.5 Å². The third kappa shape index (κ3) is 6.16. The predicted molar refractivity (Wildman–Crippen MR) is 198 cm³/mol. The first-order valence-electron chi connectivity index (χ1n) is 18.5. The van der Waals surface area contributed by atoms with Crippen molar-refractivity contribution in [3.05, 3.63) is 93.1 Å². The second-order valence-electron chi connectivity index (χ2n) is 15.1.